The first-order valence-electron chi connectivity index (χ1n) is 7.61. The fourth-order valence-electron chi connectivity index (χ4n) is 2.34. The van der Waals surface area contributed by atoms with Gasteiger partial charge in [0.15, 0.2) is 5.75 Å². The zero-order valence-corrected chi connectivity index (χ0v) is 13.6. The second kappa shape index (κ2) is 7.09. The minimum absolute atomic E-state index is 0.0312. The molecule has 2 aromatic carbocycles. The topological polar surface area (TPSA) is 66.5 Å². The molecule has 0 fully saturated rings. The molecule has 0 amide bonds. The van der Waals surface area contributed by atoms with E-state index in [2.05, 4.69) is 0 Å². The summed E-state index contributed by atoms with van der Waals surface area (Å²) in [5, 5.41) is 0. The van der Waals surface area contributed by atoms with E-state index in [4.69, 9.17) is 15.2 Å². The molecule has 2 N–H and O–H groups in total. The maximum atomic E-state index is 13.6. The van der Waals surface area contributed by atoms with Crippen molar-refractivity contribution in [2.24, 2.45) is 0 Å². The van der Waals surface area contributed by atoms with Gasteiger partial charge in [-0.3, -0.25) is 9.36 Å². The first kappa shape index (κ1) is 16.6. The molecule has 0 aliphatic heterocycles. The Labute approximate surface area is 144 Å². The summed E-state index contributed by atoms with van der Waals surface area (Å²) < 4.78 is 25.7. The van der Waals surface area contributed by atoms with Crippen LogP contribution in [-0.2, 0) is 6.61 Å². The molecule has 0 saturated carbocycles. The highest BCUT2D eigenvalue weighted by Gasteiger charge is 2.08. The average molecular weight is 340 g/mol. The van der Waals surface area contributed by atoms with Crippen LogP contribution in [0.15, 0.2) is 65.6 Å². The number of nitrogens with zero attached hydrogens (tertiary/aromatic N) is 1. The highest BCUT2D eigenvalue weighted by atomic mass is 19.1. The van der Waals surface area contributed by atoms with E-state index in [0.29, 0.717) is 5.69 Å². The number of anilines is 1. The van der Waals surface area contributed by atoms with Crippen molar-refractivity contribution in [3.8, 4) is 17.2 Å². The lowest BCUT2D eigenvalue weighted by atomic mass is 10.2. The van der Waals surface area contributed by atoms with Gasteiger partial charge in [-0.25, -0.2) is 4.39 Å². The van der Waals surface area contributed by atoms with Gasteiger partial charge in [-0.15, -0.1) is 0 Å². The van der Waals surface area contributed by atoms with Gasteiger partial charge >= 0.3 is 0 Å². The molecule has 0 aliphatic carbocycles. The molecular formula is C19H17FN2O3. The van der Waals surface area contributed by atoms with E-state index in [1.807, 2.05) is 24.3 Å². The van der Waals surface area contributed by atoms with Crippen LogP contribution in [0.25, 0.3) is 5.69 Å². The van der Waals surface area contributed by atoms with Crippen molar-refractivity contribution in [3.63, 3.8) is 0 Å². The fourth-order valence-corrected chi connectivity index (χ4v) is 2.34. The SMILES string of the molecule is COc1ccc(COc2cccn(-c3ccc(N)c(F)c3)c2=O)cc1. The van der Waals surface area contributed by atoms with Crippen LogP contribution >= 0.6 is 0 Å². The summed E-state index contributed by atoms with van der Waals surface area (Å²) in [5.74, 6) is 0.348. The average Bonchev–Trinajstić information content (AvgIpc) is 2.64. The lowest BCUT2D eigenvalue weighted by Crippen LogP contribution is -2.19. The van der Waals surface area contributed by atoms with E-state index in [9.17, 15) is 9.18 Å². The summed E-state index contributed by atoms with van der Waals surface area (Å²) in [6.07, 6.45) is 1.55. The van der Waals surface area contributed by atoms with Crippen molar-refractivity contribution in [1.29, 1.82) is 0 Å². The van der Waals surface area contributed by atoms with Gasteiger partial charge in [-0.05, 0) is 42.0 Å². The number of aromatic nitrogens is 1. The van der Waals surface area contributed by atoms with Crippen molar-refractivity contribution in [3.05, 3.63) is 82.5 Å². The van der Waals surface area contributed by atoms with E-state index in [0.717, 1.165) is 11.3 Å². The minimum Gasteiger partial charge on any atom is -0.497 e. The molecule has 0 saturated heterocycles. The number of benzene rings is 2. The molecule has 25 heavy (non-hydrogen) atoms. The molecule has 128 valence electrons. The van der Waals surface area contributed by atoms with Gasteiger partial charge in [-0.2, -0.15) is 0 Å². The molecule has 0 radical (unpaired) electrons. The maximum absolute atomic E-state index is 13.6. The van der Waals surface area contributed by atoms with Crippen LogP contribution in [0.2, 0.25) is 0 Å². The molecule has 0 atom stereocenters. The molecule has 0 unspecified atom stereocenters. The molecule has 0 spiro atoms. The largest absolute Gasteiger partial charge is 0.497 e. The Morgan fingerprint density at radius 1 is 1.12 bits per heavy atom. The van der Waals surface area contributed by atoms with Crippen molar-refractivity contribution in [1.82, 2.24) is 4.57 Å². The Kier molecular flexibility index (Phi) is 4.70. The van der Waals surface area contributed by atoms with Crippen LogP contribution in [0.1, 0.15) is 5.56 Å². The Balaban J connectivity index is 1.83. The Morgan fingerprint density at radius 3 is 2.56 bits per heavy atom. The predicted molar refractivity (Wildman–Crippen MR) is 93.7 cm³/mol. The summed E-state index contributed by atoms with van der Waals surface area (Å²) in [6.45, 7) is 0.235. The number of nitrogen functional groups attached to an aromatic ring is 1. The molecule has 6 heteroatoms. The number of nitrogens with two attached hydrogens (primary N) is 1. The van der Waals surface area contributed by atoms with Crippen molar-refractivity contribution >= 4 is 5.69 Å². The monoisotopic (exact) mass is 340 g/mol. The third kappa shape index (κ3) is 3.63. The van der Waals surface area contributed by atoms with Crippen LogP contribution in [0.5, 0.6) is 11.5 Å². The predicted octanol–water partition coefficient (Wildman–Crippen LogP) is 3.15. The zero-order chi connectivity index (χ0) is 17.8. The lowest BCUT2D eigenvalue weighted by Gasteiger charge is -2.10. The molecule has 0 bridgehead atoms. The highest BCUT2D eigenvalue weighted by Crippen LogP contribution is 2.16. The van der Waals surface area contributed by atoms with Gasteiger partial charge in [0.1, 0.15) is 18.2 Å². The number of hydrogen-bond donors (Lipinski definition) is 1. The third-order valence-corrected chi connectivity index (χ3v) is 3.73. The Bertz CT molecular complexity index is 936. The number of rotatable bonds is 5. The molecule has 1 aromatic heterocycles. The number of methoxy groups -OCH3 is 1. The standard InChI is InChI=1S/C19H17FN2O3/c1-24-15-7-4-13(5-8-15)12-25-18-3-2-10-22(19(18)23)14-6-9-17(21)16(20)11-14/h2-11H,12,21H2,1H3. The van der Waals surface area contributed by atoms with Crippen LogP contribution < -0.4 is 20.8 Å². The zero-order valence-electron chi connectivity index (χ0n) is 13.6. The molecule has 5 nitrogen and oxygen atoms in total. The van der Waals surface area contributed by atoms with Crippen LogP contribution in [-0.4, -0.2) is 11.7 Å². The highest BCUT2D eigenvalue weighted by molar-refractivity contribution is 5.47. The maximum Gasteiger partial charge on any atom is 0.297 e. The molecular weight excluding hydrogens is 323 g/mol. The van der Waals surface area contributed by atoms with Gasteiger partial charge in [0, 0.05) is 12.3 Å². The summed E-state index contributed by atoms with van der Waals surface area (Å²) >= 11 is 0. The van der Waals surface area contributed by atoms with Crippen molar-refractivity contribution in [2.75, 3.05) is 12.8 Å². The van der Waals surface area contributed by atoms with Crippen molar-refractivity contribution in [2.45, 2.75) is 6.61 Å². The molecule has 1 heterocycles. The van der Waals surface area contributed by atoms with Crippen molar-refractivity contribution < 1.29 is 13.9 Å². The van der Waals surface area contributed by atoms with Gasteiger partial charge in [0.05, 0.1) is 18.5 Å². The summed E-state index contributed by atoms with van der Waals surface area (Å²) in [4.78, 5) is 12.6. The molecule has 3 rings (SSSR count). The van der Waals surface area contributed by atoms with Gasteiger partial charge < -0.3 is 15.2 Å². The van der Waals surface area contributed by atoms with Crippen LogP contribution in [0, 0.1) is 5.82 Å². The number of ether oxygens (including phenoxy) is 2. The van der Waals surface area contributed by atoms with Crippen LogP contribution in [0.4, 0.5) is 10.1 Å². The van der Waals surface area contributed by atoms with E-state index < -0.39 is 5.82 Å². The van der Waals surface area contributed by atoms with E-state index in [1.165, 1.54) is 16.7 Å². The first-order chi connectivity index (χ1) is 12.1. The second-order valence-electron chi connectivity index (χ2n) is 5.39. The molecule has 3 aromatic rings. The van der Waals surface area contributed by atoms with E-state index >= 15 is 0 Å². The quantitative estimate of drug-likeness (QED) is 0.725. The normalized spacial score (nSPS) is 10.5. The minimum atomic E-state index is -0.575. The summed E-state index contributed by atoms with van der Waals surface area (Å²) in [5.41, 5.74) is 6.41. The van der Waals surface area contributed by atoms with Gasteiger partial charge in [-0.1, -0.05) is 12.1 Å². The third-order valence-electron chi connectivity index (χ3n) is 3.73. The van der Waals surface area contributed by atoms with Gasteiger partial charge in [0.2, 0.25) is 0 Å². The Morgan fingerprint density at radius 2 is 1.88 bits per heavy atom. The first-order valence-corrected chi connectivity index (χ1v) is 7.61. The molecule has 0 aliphatic rings. The summed E-state index contributed by atoms with van der Waals surface area (Å²) in [6, 6.07) is 14.8. The number of pyridine rings is 1. The van der Waals surface area contributed by atoms with Gasteiger partial charge in [0.25, 0.3) is 5.56 Å². The number of hydrogen-bond acceptors (Lipinski definition) is 4. The fraction of sp³-hybridized carbons (Fsp3) is 0.105. The van der Waals surface area contributed by atoms with E-state index in [1.54, 1.807) is 31.5 Å². The second-order valence-corrected chi connectivity index (χ2v) is 5.39. The Hall–Kier alpha value is -3.28. The smallest absolute Gasteiger partial charge is 0.297 e. The van der Waals surface area contributed by atoms with E-state index in [-0.39, 0.29) is 23.6 Å². The summed E-state index contributed by atoms with van der Waals surface area (Å²) in [7, 11) is 1.60. The van der Waals surface area contributed by atoms with Crippen LogP contribution in [0.3, 0.4) is 0 Å². The number of halogens is 1. The lowest BCUT2D eigenvalue weighted by molar-refractivity contribution is 0.300.